The fraction of sp³-hybridized carbons (Fsp3) is 0.286. The van der Waals surface area contributed by atoms with Gasteiger partial charge in [0.2, 0.25) is 0 Å². The number of benzene rings is 1. The topological polar surface area (TPSA) is 64.2 Å². The Morgan fingerprint density at radius 2 is 2.16 bits per heavy atom. The summed E-state index contributed by atoms with van der Waals surface area (Å²) in [7, 11) is 1.79. The van der Waals surface area contributed by atoms with Gasteiger partial charge in [0.05, 0.1) is 23.1 Å². The van der Waals surface area contributed by atoms with Crippen LogP contribution in [0.2, 0.25) is 0 Å². The Morgan fingerprint density at radius 3 is 2.74 bits per heavy atom. The summed E-state index contributed by atoms with van der Waals surface area (Å²) in [6, 6.07) is 7.40. The predicted molar refractivity (Wildman–Crippen MR) is 76.0 cm³/mol. The summed E-state index contributed by atoms with van der Waals surface area (Å²) in [6.45, 7) is 2.66. The first-order chi connectivity index (χ1) is 9.13. The molecule has 5 heteroatoms. The van der Waals surface area contributed by atoms with Crippen molar-refractivity contribution in [3.8, 4) is 0 Å². The lowest BCUT2D eigenvalue weighted by Crippen LogP contribution is -2.32. The molecule has 0 bridgehead atoms. The molecule has 1 aromatic carbocycles. The van der Waals surface area contributed by atoms with Crippen LogP contribution in [0.3, 0.4) is 0 Å². The molecule has 0 aliphatic heterocycles. The molecule has 0 saturated heterocycles. The number of aryl methyl sites for hydroxylation is 1. The molecule has 0 aliphatic rings. The number of aromatic nitrogens is 2. The highest BCUT2D eigenvalue weighted by Gasteiger charge is 2.19. The fourth-order valence-electron chi connectivity index (χ4n) is 1.98. The van der Waals surface area contributed by atoms with E-state index in [0.29, 0.717) is 17.8 Å². The molecule has 1 aromatic heterocycles. The minimum absolute atomic E-state index is 0.0761. The van der Waals surface area contributed by atoms with Gasteiger partial charge in [-0.25, -0.2) is 0 Å². The van der Waals surface area contributed by atoms with E-state index in [2.05, 4.69) is 5.10 Å². The summed E-state index contributed by atoms with van der Waals surface area (Å²) < 4.78 is 1.62. The largest absolute Gasteiger partial charge is 0.397 e. The van der Waals surface area contributed by atoms with Crippen LogP contribution in [0.1, 0.15) is 23.7 Å². The first-order valence-electron chi connectivity index (χ1n) is 6.28. The van der Waals surface area contributed by atoms with Crippen LogP contribution in [-0.2, 0) is 7.05 Å². The molecule has 2 aromatic rings. The molecule has 0 aliphatic carbocycles. The molecule has 2 N–H and O–H groups in total. The molecule has 100 valence electrons. The van der Waals surface area contributed by atoms with Gasteiger partial charge in [0, 0.05) is 19.8 Å². The fourth-order valence-corrected chi connectivity index (χ4v) is 1.98. The van der Waals surface area contributed by atoms with E-state index in [9.17, 15) is 4.79 Å². The second-order valence-corrected chi connectivity index (χ2v) is 4.42. The van der Waals surface area contributed by atoms with E-state index < -0.39 is 0 Å². The molecule has 1 amide bonds. The number of hydrogen-bond donors (Lipinski definition) is 1. The zero-order valence-electron chi connectivity index (χ0n) is 11.2. The van der Waals surface area contributed by atoms with Gasteiger partial charge >= 0.3 is 0 Å². The Bertz CT molecular complexity index is 576. The van der Waals surface area contributed by atoms with Crippen molar-refractivity contribution in [3.63, 3.8) is 0 Å². The van der Waals surface area contributed by atoms with Crippen molar-refractivity contribution in [2.45, 2.75) is 13.3 Å². The summed E-state index contributed by atoms with van der Waals surface area (Å²) in [6.07, 6.45) is 4.15. The van der Waals surface area contributed by atoms with E-state index in [1.807, 2.05) is 25.1 Å². The lowest BCUT2D eigenvalue weighted by atomic mass is 10.2. The number of carbonyl (C=O) groups excluding carboxylic acids is 1. The molecule has 19 heavy (non-hydrogen) atoms. The van der Waals surface area contributed by atoms with Gasteiger partial charge in [0.1, 0.15) is 0 Å². The third kappa shape index (κ3) is 2.76. The van der Waals surface area contributed by atoms with Crippen LogP contribution in [0.25, 0.3) is 0 Å². The van der Waals surface area contributed by atoms with E-state index >= 15 is 0 Å². The van der Waals surface area contributed by atoms with Crippen molar-refractivity contribution < 1.29 is 4.79 Å². The summed E-state index contributed by atoms with van der Waals surface area (Å²) in [5, 5.41) is 4.03. The van der Waals surface area contributed by atoms with Crippen molar-refractivity contribution in [3.05, 3.63) is 42.2 Å². The van der Waals surface area contributed by atoms with E-state index in [1.54, 1.807) is 35.1 Å². The molecule has 0 radical (unpaired) electrons. The summed E-state index contributed by atoms with van der Waals surface area (Å²) in [5.41, 5.74) is 7.88. The number of nitrogen functional groups attached to an aromatic ring is 1. The average molecular weight is 258 g/mol. The molecular formula is C14H18N4O. The number of nitrogens with zero attached hydrogens (tertiary/aromatic N) is 3. The predicted octanol–water partition coefficient (Wildman–Crippen LogP) is 2.06. The third-order valence-corrected chi connectivity index (χ3v) is 2.87. The van der Waals surface area contributed by atoms with Crippen LogP contribution in [-0.4, -0.2) is 22.2 Å². The lowest BCUT2D eigenvalue weighted by molar-refractivity contribution is 0.0987. The van der Waals surface area contributed by atoms with E-state index in [1.165, 1.54) is 0 Å². The maximum Gasteiger partial charge on any atom is 0.261 e. The van der Waals surface area contributed by atoms with Gasteiger partial charge in [-0.15, -0.1) is 0 Å². The highest BCUT2D eigenvalue weighted by Crippen LogP contribution is 2.24. The number of rotatable bonds is 4. The maximum atomic E-state index is 12.5. The summed E-state index contributed by atoms with van der Waals surface area (Å²) in [4.78, 5) is 14.2. The zero-order chi connectivity index (χ0) is 13.8. The molecule has 0 unspecified atom stereocenters. The summed E-state index contributed by atoms with van der Waals surface area (Å²) in [5.74, 6) is -0.0761. The lowest BCUT2D eigenvalue weighted by Gasteiger charge is -2.23. The number of carbonyl (C=O) groups is 1. The quantitative estimate of drug-likeness (QED) is 0.854. The Labute approximate surface area is 112 Å². The number of para-hydroxylation sites is 2. The van der Waals surface area contributed by atoms with Gasteiger partial charge in [-0.05, 0) is 18.6 Å². The first kappa shape index (κ1) is 13.1. The van der Waals surface area contributed by atoms with E-state index in [0.717, 1.165) is 12.1 Å². The Morgan fingerprint density at radius 1 is 1.42 bits per heavy atom. The molecular weight excluding hydrogens is 240 g/mol. The Hall–Kier alpha value is -2.30. The first-order valence-corrected chi connectivity index (χ1v) is 6.28. The molecule has 0 fully saturated rings. The monoisotopic (exact) mass is 258 g/mol. The normalized spacial score (nSPS) is 10.4. The van der Waals surface area contributed by atoms with Crippen LogP contribution in [0.15, 0.2) is 36.7 Å². The van der Waals surface area contributed by atoms with Gasteiger partial charge in [0.15, 0.2) is 0 Å². The highest BCUT2D eigenvalue weighted by atomic mass is 16.2. The van der Waals surface area contributed by atoms with Crippen LogP contribution < -0.4 is 10.6 Å². The van der Waals surface area contributed by atoms with Crippen LogP contribution >= 0.6 is 0 Å². The number of anilines is 2. The van der Waals surface area contributed by atoms with Crippen molar-refractivity contribution in [1.82, 2.24) is 9.78 Å². The minimum atomic E-state index is -0.0761. The van der Waals surface area contributed by atoms with Gasteiger partial charge in [-0.1, -0.05) is 19.1 Å². The smallest absolute Gasteiger partial charge is 0.261 e. The number of amides is 1. The van der Waals surface area contributed by atoms with Crippen molar-refractivity contribution >= 4 is 17.3 Å². The molecule has 2 rings (SSSR count). The van der Waals surface area contributed by atoms with Gasteiger partial charge in [-0.3, -0.25) is 9.48 Å². The molecule has 0 saturated carbocycles. The average Bonchev–Trinajstić information content (AvgIpc) is 2.83. The van der Waals surface area contributed by atoms with E-state index in [4.69, 9.17) is 5.73 Å². The van der Waals surface area contributed by atoms with Crippen molar-refractivity contribution in [1.29, 1.82) is 0 Å². The zero-order valence-corrected chi connectivity index (χ0v) is 11.2. The molecule has 5 nitrogen and oxygen atoms in total. The summed E-state index contributed by atoms with van der Waals surface area (Å²) >= 11 is 0. The Kier molecular flexibility index (Phi) is 3.85. The Balaban J connectivity index is 2.35. The third-order valence-electron chi connectivity index (χ3n) is 2.87. The molecule has 0 atom stereocenters. The highest BCUT2D eigenvalue weighted by molar-refractivity contribution is 6.07. The number of hydrogen-bond acceptors (Lipinski definition) is 3. The van der Waals surface area contributed by atoms with Crippen LogP contribution in [0.5, 0.6) is 0 Å². The van der Waals surface area contributed by atoms with Gasteiger partial charge in [-0.2, -0.15) is 5.10 Å². The number of nitrogens with two attached hydrogens (primary N) is 1. The minimum Gasteiger partial charge on any atom is -0.397 e. The second-order valence-electron chi connectivity index (χ2n) is 4.42. The SMILES string of the molecule is CCCN(C(=O)c1cnn(C)c1)c1ccccc1N. The van der Waals surface area contributed by atoms with Crippen molar-refractivity contribution in [2.24, 2.45) is 7.05 Å². The molecule has 1 heterocycles. The maximum absolute atomic E-state index is 12.5. The standard InChI is InChI=1S/C14H18N4O/c1-3-8-18(13-7-5-4-6-12(13)15)14(19)11-9-16-17(2)10-11/h4-7,9-10H,3,8,15H2,1-2H3. The van der Waals surface area contributed by atoms with Crippen molar-refractivity contribution in [2.75, 3.05) is 17.2 Å². The van der Waals surface area contributed by atoms with Crippen LogP contribution in [0, 0.1) is 0 Å². The van der Waals surface area contributed by atoms with Gasteiger partial charge in [0.25, 0.3) is 5.91 Å². The van der Waals surface area contributed by atoms with Crippen LogP contribution in [0.4, 0.5) is 11.4 Å². The van der Waals surface area contributed by atoms with Gasteiger partial charge < -0.3 is 10.6 Å². The van der Waals surface area contributed by atoms with E-state index in [-0.39, 0.29) is 5.91 Å². The molecule has 0 spiro atoms. The second kappa shape index (κ2) is 5.56.